The average Bonchev–Trinajstić information content (AvgIpc) is 2.90. The largest absolute Gasteiger partial charge is 0.330 e. The third-order valence-corrected chi connectivity index (χ3v) is 5.24. The summed E-state index contributed by atoms with van der Waals surface area (Å²) in [5.74, 6) is 0.519. The number of amides is 1. The molecule has 2 atom stereocenters. The Morgan fingerprint density at radius 2 is 2.19 bits per heavy atom. The van der Waals surface area contributed by atoms with Crippen molar-refractivity contribution in [3.8, 4) is 0 Å². The Morgan fingerprint density at radius 1 is 1.43 bits per heavy atom. The molecular formula is C15H21Br2N3O. The van der Waals surface area contributed by atoms with E-state index in [1.165, 1.54) is 12.8 Å². The fraction of sp³-hybridized carbons (Fsp3) is 0.533. The van der Waals surface area contributed by atoms with Crippen LogP contribution in [0.5, 0.6) is 0 Å². The molecule has 6 heteroatoms. The highest BCUT2D eigenvalue weighted by Gasteiger charge is 2.30. The van der Waals surface area contributed by atoms with Crippen molar-refractivity contribution in [1.29, 1.82) is 0 Å². The smallest absolute Gasteiger partial charge is 0.238 e. The van der Waals surface area contributed by atoms with Crippen molar-refractivity contribution in [3.05, 3.63) is 27.1 Å². The Balaban J connectivity index is 1.92. The van der Waals surface area contributed by atoms with E-state index in [-0.39, 0.29) is 5.91 Å². The lowest BCUT2D eigenvalue weighted by molar-refractivity contribution is -0.117. The van der Waals surface area contributed by atoms with Crippen LogP contribution in [-0.4, -0.2) is 37.0 Å². The number of carbonyl (C=O) groups is 1. The van der Waals surface area contributed by atoms with Gasteiger partial charge in [0.1, 0.15) is 0 Å². The second-order valence-corrected chi connectivity index (χ2v) is 7.35. The van der Waals surface area contributed by atoms with Gasteiger partial charge in [0.2, 0.25) is 5.91 Å². The summed E-state index contributed by atoms with van der Waals surface area (Å²) in [5.41, 5.74) is 6.60. The Hall–Kier alpha value is -0.430. The van der Waals surface area contributed by atoms with E-state index >= 15 is 0 Å². The van der Waals surface area contributed by atoms with E-state index in [0.717, 1.165) is 21.1 Å². The molecule has 0 radical (unpaired) electrons. The van der Waals surface area contributed by atoms with Crippen LogP contribution in [0.15, 0.2) is 27.1 Å². The van der Waals surface area contributed by atoms with E-state index in [1.807, 2.05) is 25.2 Å². The van der Waals surface area contributed by atoms with Crippen molar-refractivity contribution in [2.75, 3.05) is 25.5 Å². The number of nitrogens with zero attached hydrogens (tertiary/aromatic N) is 1. The van der Waals surface area contributed by atoms with E-state index < -0.39 is 0 Å². The third kappa shape index (κ3) is 4.52. The van der Waals surface area contributed by atoms with Crippen LogP contribution in [0.3, 0.4) is 0 Å². The molecule has 0 saturated heterocycles. The maximum atomic E-state index is 12.2. The monoisotopic (exact) mass is 417 g/mol. The quantitative estimate of drug-likeness (QED) is 0.771. The topological polar surface area (TPSA) is 58.4 Å². The zero-order chi connectivity index (χ0) is 15.4. The number of halogens is 2. The van der Waals surface area contributed by atoms with Gasteiger partial charge in [-0.3, -0.25) is 9.69 Å². The van der Waals surface area contributed by atoms with E-state index in [2.05, 4.69) is 42.1 Å². The normalized spacial score (nSPS) is 21.8. The molecule has 1 aromatic carbocycles. The summed E-state index contributed by atoms with van der Waals surface area (Å²) in [6, 6.07) is 6.13. The number of rotatable bonds is 5. The molecule has 1 aromatic rings. The van der Waals surface area contributed by atoms with Crippen LogP contribution in [0.25, 0.3) is 0 Å². The fourth-order valence-electron chi connectivity index (χ4n) is 3.00. The standard InChI is InChI=1S/C15H21Br2N3O/c1-20(14-4-2-3-10(14)8-18)9-15(21)19-13-6-5-11(16)7-12(13)17/h5-7,10,14H,2-4,8-9,18H2,1H3,(H,19,21). The third-order valence-electron chi connectivity index (χ3n) is 4.09. The van der Waals surface area contributed by atoms with Gasteiger partial charge in [-0.25, -0.2) is 0 Å². The van der Waals surface area contributed by atoms with Crippen molar-refractivity contribution >= 4 is 43.5 Å². The minimum Gasteiger partial charge on any atom is -0.330 e. The number of nitrogens with two attached hydrogens (primary N) is 1. The minimum absolute atomic E-state index is 0.00296. The lowest BCUT2D eigenvalue weighted by Gasteiger charge is -2.28. The highest BCUT2D eigenvalue weighted by atomic mass is 79.9. The molecule has 1 saturated carbocycles. The van der Waals surface area contributed by atoms with Crippen LogP contribution in [0, 0.1) is 5.92 Å². The summed E-state index contributed by atoms with van der Waals surface area (Å²) >= 11 is 6.85. The highest BCUT2D eigenvalue weighted by Crippen LogP contribution is 2.29. The molecular weight excluding hydrogens is 398 g/mol. The molecule has 1 aliphatic rings. The molecule has 1 fully saturated rings. The molecule has 0 aliphatic heterocycles. The number of hydrogen-bond acceptors (Lipinski definition) is 3. The van der Waals surface area contributed by atoms with Gasteiger partial charge in [-0.15, -0.1) is 0 Å². The van der Waals surface area contributed by atoms with Crippen molar-refractivity contribution in [3.63, 3.8) is 0 Å². The van der Waals surface area contributed by atoms with Crippen LogP contribution in [0.4, 0.5) is 5.69 Å². The van der Waals surface area contributed by atoms with E-state index in [0.29, 0.717) is 25.0 Å². The van der Waals surface area contributed by atoms with Gasteiger partial charge in [0.15, 0.2) is 0 Å². The van der Waals surface area contributed by atoms with Crippen molar-refractivity contribution in [2.45, 2.75) is 25.3 Å². The zero-order valence-electron chi connectivity index (χ0n) is 12.1. The SMILES string of the molecule is CN(CC(=O)Nc1ccc(Br)cc1Br)C1CCCC1CN. The summed E-state index contributed by atoms with van der Waals surface area (Å²) in [7, 11) is 2.01. The first-order valence-corrected chi connectivity index (χ1v) is 8.75. The van der Waals surface area contributed by atoms with Crippen LogP contribution in [-0.2, 0) is 4.79 Å². The van der Waals surface area contributed by atoms with Crippen LogP contribution in [0.2, 0.25) is 0 Å². The van der Waals surface area contributed by atoms with Gasteiger partial charge in [0.05, 0.1) is 12.2 Å². The Labute approximate surface area is 142 Å². The van der Waals surface area contributed by atoms with Crippen molar-refractivity contribution in [1.82, 2.24) is 4.90 Å². The predicted octanol–water partition coefficient (Wildman–Crippen LogP) is 3.21. The summed E-state index contributed by atoms with van der Waals surface area (Å²) < 4.78 is 1.84. The highest BCUT2D eigenvalue weighted by molar-refractivity contribution is 9.11. The van der Waals surface area contributed by atoms with Crippen LogP contribution < -0.4 is 11.1 Å². The lowest BCUT2D eigenvalue weighted by Crippen LogP contribution is -2.41. The van der Waals surface area contributed by atoms with Crippen molar-refractivity contribution in [2.24, 2.45) is 11.7 Å². The summed E-state index contributed by atoms with van der Waals surface area (Å²) in [5, 5.41) is 2.95. The maximum Gasteiger partial charge on any atom is 0.238 e. The Morgan fingerprint density at radius 3 is 2.86 bits per heavy atom. The number of carbonyl (C=O) groups excluding carboxylic acids is 1. The summed E-state index contributed by atoms with van der Waals surface area (Å²) in [4.78, 5) is 14.3. The second-order valence-electron chi connectivity index (χ2n) is 5.58. The fourth-order valence-corrected chi connectivity index (χ4v) is 4.14. The molecule has 2 rings (SSSR count). The first kappa shape index (κ1) is 16.9. The Kier molecular flexibility index (Phi) is 6.22. The summed E-state index contributed by atoms with van der Waals surface area (Å²) in [6.07, 6.45) is 3.51. The number of benzene rings is 1. The van der Waals surface area contributed by atoms with E-state index in [1.54, 1.807) is 0 Å². The lowest BCUT2D eigenvalue weighted by atomic mass is 10.0. The number of hydrogen-bond donors (Lipinski definition) is 2. The molecule has 116 valence electrons. The average molecular weight is 419 g/mol. The molecule has 0 bridgehead atoms. The van der Waals surface area contributed by atoms with Gasteiger partial charge in [0, 0.05) is 15.0 Å². The molecule has 1 amide bonds. The second kappa shape index (κ2) is 7.72. The molecule has 0 heterocycles. The number of likely N-dealkylation sites (N-methyl/N-ethyl adjacent to an activating group) is 1. The van der Waals surface area contributed by atoms with Gasteiger partial charge in [0.25, 0.3) is 0 Å². The van der Waals surface area contributed by atoms with Gasteiger partial charge < -0.3 is 11.1 Å². The molecule has 1 aliphatic carbocycles. The minimum atomic E-state index is 0.00296. The zero-order valence-corrected chi connectivity index (χ0v) is 15.3. The molecule has 2 unspecified atom stereocenters. The van der Waals surface area contributed by atoms with Gasteiger partial charge >= 0.3 is 0 Å². The van der Waals surface area contributed by atoms with Gasteiger partial charge in [-0.05, 0) is 66.5 Å². The number of nitrogens with one attached hydrogen (secondary N) is 1. The van der Waals surface area contributed by atoms with Crippen molar-refractivity contribution < 1.29 is 4.79 Å². The Bertz CT molecular complexity index is 510. The first-order valence-electron chi connectivity index (χ1n) is 7.16. The van der Waals surface area contributed by atoms with E-state index in [9.17, 15) is 4.79 Å². The number of anilines is 1. The van der Waals surface area contributed by atoms with E-state index in [4.69, 9.17) is 5.73 Å². The predicted molar refractivity (Wildman–Crippen MR) is 93.3 cm³/mol. The molecule has 0 aromatic heterocycles. The molecule has 3 N–H and O–H groups in total. The molecule has 21 heavy (non-hydrogen) atoms. The van der Waals surface area contributed by atoms with Crippen LogP contribution in [0.1, 0.15) is 19.3 Å². The molecule has 0 spiro atoms. The summed E-state index contributed by atoms with van der Waals surface area (Å²) in [6.45, 7) is 1.10. The van der Waals surface area contributed by atoms with Crippen LogP contribution >= 0.6 is 31.9 Å². The van der Waals surface area contributed by atoms with Gasteiger partial charge in [-0.2, -0.15) is 0 Å². The molecule has 4 nitrogen and oxygen atoms in total. The maximum absolute atomic E-state index is 12.2. The van der Waals surface area contributed by atoms with Gasteiger partial charge in [-0.1, -0.05) is 22.4 Å². The first-order chi connectivity index (χ1) is 10.0.